The Morgan fingerprint density at radius 3 is 2.92 bits per heavy atom. The second kappa shape index (κ2) is 5.91. The molecule has 2 aromatic heterocycles. The van der Waals surface area contributed by atoms with Crippen LogP contribution in [-0.4, -0.2) is 30.9 Å². The van der Waals surface area contributed by atoms with Gasteiger partial charge in [0.05, 0.1) is 0 Å². The largest absolute Gasteiger partial charge is 0.351 e. The standard InChI is InChI=1S/C18H21N5O2/c1-21-10-9-13-14(4-3-5-15(13)21)17(24)19-12-6-7-16-20-22(2)18(25)23(16)11-8-12/h3-5,9-10,12H,6-8,11H2,1-2H3,(H,19,24). The molecule has 0 spiro atoms. The number of nitrogens with zero attached hydrogens (tertiary/aromatic N) is 4. The van der Waals surface area contributed by atoms with Gasteiger partial charge in [-0.15, -0.1) is 0 Å². The Bertz CT molecular complexity index is 1010. The number of carbonyl (C=O) groups excluding carboxylic acids is 1. The predicted octanol–water partition coefficient (Wildman–Crippen LogP) is 1.21. The van der Waals surface area contributed by atoms with Crippen molar-refractivity contribution in [2.75, 3.05) is 0 Å². The maximum Gasteiger partial charge on any atom is 0.345 e. The zero-order valence-corrected chi connectivity index (χ0v) is 14.4. The van der Waals surface area contributed by atoms with Crippen molar-refractivity contribution in [1.82, 2.24) is 24.2 Å². The average molecular weight is 339 g/mol. The van der Waals surface area contributed by atoms with E-state index in [9.17, 15) is 9.59 Å². The van der Waals surface area contributed by atoms with Crippen LogP contribution in [0.3, 0.4) is 0 Å². The van der Waals surface area contributed by atoms with Crippen LogP contribution >= 0.6 is 0 Å². The molecule has 130 valence electrons. The number of aryl methyl sites for hydroxylation is 3. The molecule has 3 heterocycles. The number of rotatable bonds is 2. The molecular formula is C18H21N5O2. The van der Waals surface area contributed by atoms with Crippen LogP contribution in [0.4, 0.5) is 0 Å². The molecule has 4 rings (SSSR count). The monoisotopic (exact) mass is 339 g/mol. The van der Waals surface area contributed by atoms with Crippen LogP contribution in [0.5, 0.6) is 0 Å². The molecule has 7 heteroatoms. The molecule has 1 N–H and O–H groups in total. The van der Waals surface area contributed by atoms with Crippen LogP contribution in [0, 0.1) is 0 Å². The van der Waals surface area contributed by atoms with E-state index in [0.29, 0.717) is 18.5 Å². The minimum absolute atomic E-state index is 0.0397. The fraction of sp³-hybridized carbons (Fsp3) is 0.389. The number of fused-ring (bicyclic) bond motifs is 2. The zero-order chi connectivity index (χ0) is 17.6. The average Bonchev–Trinajstić information content (AvgIpc) is 3.03. The van der Waals surface area contributed by atoms with Crippen LogP contribution < -0.4 is 11.0 Å². The van der Waals surface area contributed by atoms with Crippen LogP contribution in [0.15, 0.2) is 35.3 Å². The van der Waals surface area contributed by atoms with Gasteiger partial charge in [0.1, 0.15) is 5.82 Å². The van der Waals surface area contributed by atoms with Crippen LogP contribution in [-0.2, 0) is 27.1 Å². The molecule has 0 saturated carbocycles. The van der Waals surface area contributed by atoms with Crippen molar-refractivity contribution in [2.45, 2.75) is 31.8 Å². The number of hydrogen-bond acceptors (Lipinski definition) is 3. The van der Waals surface area contributed by atoms with Gasteiger partial charge in [-0.25, -0.2) is 9.48 Å². The molecular weight excluding hydrogens is 318 g/mol. The van der Waals surface area contributed by atoms with E-state index < -0.39 is 0 Å². The number of hydrogen-bond donors (Lipinski definition) is 1. The van der Waals surface area contributed by atoms with E-state index in [1.807, 2.05) is 42.1 Å². The minimum Gasteiger partial charge on any atom is -0.351 e. The SMILES string of the molecule is Cn1nc2n(c1=O)CCC(NC(=O)c1cccc3c1ccn3C)CC2. The van der Waals surface area contributed by atoms with Crippen LogP contribution in [0.1, 0.15) is 29.0 Å². The lowest BCUT2D eigenvalue weighted by Crippen LogP contribution is -2.35. The van der Waals surface area contributed by atoms with Crippen molar-refractivity contribution in [2.24, 2.45) is 14.1 Å². The molecule has 7 nitrogen and oxygen atoms in total. The minimum atomic E-state index is -0.0870. The van der Waals surface area contributed by atoms with Gasteiger partial charge in [0.2, 0.25) is 0 Å². The Morgan fingerprint density at radius 2 is 2.08 bits per heavy atom. The maximum atomic E-state index is 12.8. The van der Waals surface area contributed by atoms with E-state index in [2.05, 4.69) is 10.4 Å². The van der Waals surface area contributed by atoms with E-state index in [1.54, 1.807) is 11.6 Å². The maximum absolute atomic E-state index is 12.8. The molecule has 3 aromatic rings. The Morgan fingerprint density at radius 1 is 1.24 bits per heavy atom. The summed E-state index contributed by atoms with van der Waals surface area (Å²) in [4.78, 5) is 24.8. The molecule has 1 aliphatic rings. The number of aromatic nitrogens is 4. The molecule has 0 fully saturated rings. The van der Waals surface area contributed by atoms with Gasteiger partial charge in [-0.2, -0.15) is 5.10 Å². The fourth-order valence-corrected chi connectivity index (χ4v) is 3.61. The smallest absolute Gasteiger partial charge is 0.345 e. The number of nitrogens with one attached hydrogen (secondary N) is 1. The first-order chi connectivity index (χ1) is 12.0. The summed E-state index contributed by atoms with van der Waals surface area (Å²) in [6.45, 7) is 0.586. The molecule has 1 amide bonds. The Hall–Kier alpha value is -2.83. The normalized spacial score (nSPS) is 17.3. The highest BCUT2D eigenvalue weighted by atomic mass is 16.2. The molecule has 1 aromatic carbocycles. The highest BCUT2D eigenvalue weighted by Crippen LogP contribution is 2.20. The molecule has 0 aliphatic carbocycles. The molecule has 25 heavy (non-hydrogen) atoms. The lowest BCUT2D eigenvalue weighted by Gasteiger charge is -2.16. The van der Waals surface area contributed by atoms with E-state index in [-0.39, 0.29) is 17.6 Å². The summed E-state index contributed by atoms with van der Waals surface area (Å²) in [5.74, 6) is 0.739. The quantitative estimate of drug-likeness (QED) is 0.763. The molecule has 0 radical (unpaired) electrons. The van der Waals surface area contributed by atoms with Crippen molar-refractivity contribution >= 4 is 16.8 Å². The predicted molar refractivity (Wildman–Crippen MR) is 94.6 cm³/mol. The molecule has 0 saturated heterocycles. The van der Waals surface area contributed by atoms with Crippen molar-refractivity contribution in [3.63, 3.8) is 0 Å². The van der Waals surface area contributed by atoms with Gasteiger partial charge >= 0.3 is 5.69 Å². The van der Waals surface area contributed by atoms with Gasteiger partial charge in [0.15, 0.2) is 0 Å². The summed E-state index contributed by atoms with van der Waals surface area (Å²) < 4.78 is 5.10. The van der Waals surface area contributed by atoms with Gasteiger partial charge in [0, 0.05) is 55.8 Å². The molecule has 1 unspecified atom stereocenters. The van der Waals surface area contributed by atoms with Gasteiger partial charge in [-0.05, 0) is 31.0 Å². The number of carbonyl (C=O) groups is 1. The number of benzene rings is 1. The first-order valence-corrected chi connectivity index (χ1v) is 8.52. The second-order valence-corrected chi connectivity index (χ2v) is 6.64. The van der Waals surface area contributed by atoms with Crippen molar-refractivity contribution in [3.05, 3.63) is 52.3 Å². The summed E-state index contributed by atoms with van der Waals surface area (Å²) in [5.41, 5.74) is 1.64. The highest BCUT2D eigenvalue weighted by molar-refractivity contribution is 6.06. The van der Waals surface area contributed by atoms with Crippen LogP contribution in [0.25, 0.3) is 10.9 Å². The van der Waals surface area contributed by atoms with E-state index in [0.717, 1.165) is 29.6 Å². The third-order valence-corrected chi connectivity index (χ3v) is 5.01. The Labute approximate surface area is 144 Å². The summed E-state index contributed by atoms with van der Waals surface area (Å²) in [6, 6.07) is 7.78. The highest BCUT2D eigenvalue weighted by Gasteiger charge is 2.22. The summed E-state index contributed by atoms with van der Waals surface area (Å²) in [6.07, 6.45) is 4.17. The lowest BCUT2D eigenvalue weighted by molar-refractivity contribution is 0.0934. The second-order valence-electron chi connectivity index (χ2n) is 6.64. The van der Waals surface area contributed by atoms with E-state index in [4.69, 9.17) is 0 Å². The molecule has 1 aliphatic heterocycles. The van der Waals surface area contributed by atoms with Crippen molar-refractivity contribution in [3.8, 4) is 0 Å². The zero-order valence-electron chi connectivity index (χ0n) is 14.4. The number of amides is 1. The molecule has 1 atom stereocenters. The lowest BCUT2D eigenvalue weighted by atomic mass is 10.1. The third-order valence-electron chi connectivity index (χ3n) is 5.01. The Balaban J connectivity index is 1.52. The van der Waals surface area contributed by atoms with Gasteiger partial charge < -0.3 is 9.88 Å². The summed E-state index contributed by atoms with van der Waals surface area (Å²) in [5, 5.41) is 8.37. The topological polar surface area (TPSA) is 73.8 Å². The van der Waals surface area contributed by atoms with Gasteiger partial charge in [-0.1, -0.05) is 6.07 Å². The van der Waals surface area contributed by atoms with Crippen LogP contribution in [0.2, 0.25) is 0 Å². The fourth-order valence-electron chi connectivity index (χ4n) is 3.61. The van der Waals surface area contributed by atoms with Gasteiger partial charge in [0.25, 0.3) is 5.91 Å². The van der Waals surface area contributed by atoms with Crippen molar-refractivity contribution in [1.29, 1.82) is 0 Å². The molecule has 0 bridgehead atoms. The third kappa shape index (κ3) is 2.65. The first kappa shape index (κ1) is 15.7. The van der Waals surface area contributed by atoms with Gasteiger partial charge in [-0.3, -0.25) is 9.36 Å². The van der Waals surface area contributed by atoms with E-state index in [1.165, 1.54) is 4.68 Å². The Kier molecular flexibility index (Phi) is 3.71. The summed E-state index contributed by atoms with van der Waals surface area (Å²) >= 11 is 0. The first-order valence-electron chi connectivity index (χ1n) is 8.52. The van der Waals surface area contributed by atoms with Crippen molar-refractivity contribution < 1.29 is 4.79 Å². The summed E-state index contributed by atoms with van der Waals surface area (Å²) in [7, 11) is 3.64. The van der Waals surface area contributed by atoms with E-state index >= 15 is 0 Å².